The van der Waals surface area contributed by atoms with E-state index in [0.717, 1.165) is 24.2 Å². The van der Waals surface area contributed by atoms with Crippen LogP contribution < -0.4 is 4.74 Å². The summed E-state index contributed by atoms with van der Waals surface area (Å²) in [5.74, 6) is 0.754. The Morgan fingerprint density at radius 2 is 2.00 bits per heavy atom. The third-order valence-corrected chi connectivity index (χ3v) is 2.82. The molecule has 0 amide bonds. The van der Waals surface area contributed by atoms with Gasteiger partial charge in [0.1, 0.15) is 5.75 Å². The first-order chi connectivity index (χ1) is 8.48. The normalized spacial score (nSPS) is 10.5. The van der Waals surface area contributed by atoms with E-state index in [-0.39, 0.29) is 5.41 Å². The molecule has 0 fully saturated rings. The lowest BCUT2D eigenvalue weighted by Crippen LogP contribution is -2.10. The first kappa shape index (κ1) is 14.1. The van der Waals surface area contributed by atoms with Crippen molar-refractivity contribution in [2.24, 2.45) is 5.41 Å². The average molecular weight is 242 g/mol. The topological polar surface area (TPSA) is 56.8 Å². The number of nitrogens with zero attached hydrogens (tertiary/aromatic N) is 2. The monoisotopic (exact) mass is 242 g/mol. The van der Waals surface area contributed by atoms with Crippen molar-refractivity contribution in [1.82, 2.24) is 0 Å². The van der Waals surface area contributed by atoms with Gasteiger partial charge in [-0.2, -0.15) is 10.5 Å². The van der Waals surface area contributed by atoms with Crippen LogP contribution in [0.2, 0.25) is 0 Å². The van der Waals surface area contributed by atoms with Crippen LogP contribution in [0.25, 0.3) is 0 Å². The van der Waals surface area contributed by atoms with E-state index in [0.29, 0.717) is 12.2 Å². The second-order valence-electron chi connectivity index (χ2n) is 5.04. The zero-order valence-corrected chi connectivity index (χ0v) is 11.2. The van der Waals surface area contributed by atoms with E-state index in [1.807, 2.05) is 26.8 Å². The van der Waals surface area contributed by atoms with Crippen LogP contribution in [0.5, 0.6) is 5.75 Å². The zero-order valence-electron chi connectivity index (χ0n) is 11.2. The highest BCUT2D eigenvalue weighted by molar-refractivity contribution is 5.41. The number of hydrogen-bond donors (Lipinski definition) is 0. The van der Waals surface area contributed by atoms with Crippen molar-refractivity contribution in [3.8, 4) is 17.9 Å². The summed E-state index contributed by atoms with van der Waals surface area (Å²) >= 11 is 0. The number of rotatable bonds is 5. The molecule has 0 aliphatic heterocycles. The first-order valence-corrected chi connectivity index (χ1v) is 6.03. The number of hydrogen-bond acceptors (Lipinski definition) is 3. The van der Waals surface area contributed by atoms with Gasteiger partial charge in [-0.3, -0.25) is 0 Å². The van der Waals surface area contributed by atoms with E-state index in [4.69, 9.17) is 15.3 Å². The third kappa shape index (κ3) is 4.11. The molecule has 0 aromatic heterocycles. The Labute approximate surface area is 109 Å². The highest BCUT2D eigenvalue weighted by Crippen LogP contribution is 2.22. The van der Waals surface area contributed by atoms with Gasteiger partial charge in [-0.25, -0.2) is 0 Å². The zero-order chi connectivity index (χ0) is 13.6. The summed E-state index contributed by atoms with van der Waals surface area (Å²) in [6, 6.07) is 9.78. The number of nitriles is 2. The van der Waals surface area contributed by atoms with Crippen LogP contribution in [0.3, 0.4) is 0 Å². The average Bonchev–Trinajstić information content (AvgIpc) is 2.36. The summed E-state index contributed by atoms with van der Waals surface area (Å²) in [6.45, 7) is 6.37. The Morgan fingerprint density at radius 1 is 1.28 bits per heavy atom. The molecule has 1 aromatic rings. The quantitative estimate of drug-likeness (QED) is 0.741. The van der Waals surface area contributed by atoms with E-state index in [1.165, 1.54) is 0 Å². The summed E-state index contributed by atoms with van der Waals surface area (Å²) in [5.41, 5.74) is 1.33. The fourth-order valence-electron chi connectivity index (χ4n) is 1.58. The molecule has 1 rings (SSSR count). The van der Waals surface area contributed by atoms with E-state index < -0.39 is 0 Å². The lowest BCUT2D eigenvalue weighted by molar-refractivity contribution is 0.282. The van der Waals surface area contributed by atoms with Crippen molar-refractivity contribution in [2.45, 2.75) is 33.6 Å². The standard InChI is InChI=1S/C15H18N2O/c1-12-5-6-13(10-16)9-14(12)18-8-4-7-15(2,3)11-17/h5-6,9H,4,7-8H2,1-3H3. The molecule has 0 spiro atoms. The molecule has 18 heavy (non-hydrogen) atoms. The van der Waals surface area contributed by atoms with Gasteiger partial charge in [-0.1, -0.05) is 6.07 Å². The molecule has 3 nitrogen and oxygen atoms in total. The minimum absolute atomic E-state index is 0.299. The molecule has 0 aliphatic rings. The number of ether oxygens (including phenoxy) is 1. The van der Waals surface area contributed by atoms with Gasteiger partial charge >= 0.3 is 0 Å². The molecular weight excluding hydrogens is 224 g/mol. The predicted octanol–water partition coefficient (Wildman–Crippen LogP) is 3.58. The van der Waals surface area contributed by atoms with E-state index in [1.54, 1.807) is 12.1 Å². The van der Waals surface area contributed by atoms with Crippen LogP contribution in [0.4, 0.5) is 0 Å². The predicted molar refractivity (Wildman–Crippen MR) is 70.0 cm³/mol. The second kappa shape index (κ2) is 6.07. The molecule has 1 aromatic carbocycles. The molecule has 3 heteroatoms. The maximum atomic E-state index is 8.90. The van der Waals surface area contributed by atoms with Crippen molar-refractivity contribution < 1.29 is 4.74 Å². The Hall–Kier alpha value is -2.00. The summed E-state index contributed by atoms with van der Waals surface area (Å²) in [5, 5.41) is 17.7. The largest absolute Gasteiger partial charge is 0.493 e. The lowest BCUT2D eigenvalue weighted by Gasteiger charge is -2.15. The van der Waals surface area contributed by atoms with E-state index in [2.05, 4.69) is 12.1 Å². The molecular formula is C15H18N2O. The molecule has 0 heterocycles. The van der Waals surface area contributed by atoms with Gasteiger partial charge in [0.15, 0.2) is 0 Å². The van der Waals surface area contributed by atoms with Gasteiger partial charge in [-0.05, 0) is 51.3 Å². The summed E-state index contributed by atoms with van der Waals surface area (Å²) < 4.78 is 5.66. The smallest absolute Gasteiger partial charge is 0.123 e. The van der Waals surface area contributed by atoms with Crippen LogP contribution in [0.1, 0.15) is 37.8 Å². The molecule has 0 aliphatic carbocycles. The fraction of sp³-hybridized carbons (Fsp3) is 0.467. The second-order valence-corrected chi connectivity index (χ2v) is 5.04. The van der Waals surface area contributed by atoms with Crippen molar-refractivity contribution in [3.05, 3.63) is 29.3 Å². The fourth-order valence-corrected chi connectivity index (χ4v) is 1.58. The van der Waals surface area contributed by atoms with Gasteiger partial charge in [0.2, 0.25) is 0 Å². The molecule has 94 valence electrons. The molecule has 0 unspecified atom stereocenters. The molecule has 0 saturated heterocycles. The van der Waals surface area contributed by atoms with Crippen molar-refractivity contribution >= 4 is 0 Å². The highest BCUT2D eigenvalue weighted by atomic mass is 16.5. The maximum Gasteiger partial charge on any atom is 0.123 e. The minimum atomic E-state index is -0.299. The Kier molecular flexibility index (Phi) is 4.75. The van der Waals surface area contributed by atoms with E-state index >= 15 is 0 Å². The van der Waals surface area contributed by atoms with Crippen molar-refractivity contribution in [2.75, 3.05) is 6.61 Å². The lowest BCUT2D eigenvalue weighted by atomic mass is 9.90. The van der Waals surface area contributed by atoms with E-state index in [9.17, 15) is 0 Å². The highest BCUT2D eigenvalue weighted by Gasteiger charge is 2.15. The van der Waals surface area contributed by atoms with Gasteiger partial charge in [0, 0.05) is 0 Å². The van der Waals surface area contributed by atoms with Crippen LogP contribution in [0.15, 0.2) is 18.2 Å². The number of benzene rings is 1. The Balaban J connectivity index is 2.50. The van der Waals surface area contributed by atoms with Crippen molar-refractivity contribution in [1.29, 1.82) is 10.5 Å². The van der Waals surface area contributed by atoms with Gasteiger partial charge in [-0.15, -0.1) is 0 Å². The van der Waals surface area contributed by atoms with Crippen molar-refractivity contribution in [3.63, 3.8) is 0 Å². The Morgan fingerprint density at radius 3 is 2.61 bits per heavy atom. The third-order valence-electron chi connectivity index (χ3n) is 2.82. The first-order valence-electron chi connectivity index (χ1n) is 6.03. The Bertz CT molecular complexity index is 492. The maximum absolute atomic E-state index is 8.90. The summed E-state index contributed by atoms with van der Waals surface area (Å²) in [4.78, 5) is 0. The molecule has 0 saturated carbocycles. The minimum Gasteiger partial charge on any atom is -0.493 e. The number of aryl methyl sites for hydroxylation is 1. The molecule has 0 radical (unpaired) electrons. The molecule has 0 bridgehead atoms. The van der Waals surface area contributed by atoms with Crippen LogP contribution >= 0.6 is 0 Å². The summed E-state index contributed by atoms with van der Waals surface area (Å²) in [6.07, 6.45) is 1.64. The van der Waals surface area contributed by atoms with Crippen LogP contribution in [-0.2, 0) is 0 Å². The van der Waals surface area contributed by atoms with Crippen LogP contribution in [-0.4, -0.2) is 6.61 Å². The SMILES string of the molecule is Cc1ccc(C#N)cc1OCCCC(C)(C)C#N. The van der Waals surface area contributed by atoms with Gasteiger partial charge in [0.05, 0.1) is 29.7 Å². The van der Waals surface area contributed by atoms with Gasteiger partial charge < -0.3 is 4.74 Å². The van der Waals surface area contributed by atoms with Gasteiger partial charge in [0.25, 0.3) is 0 Å². The molecule has 0 N–H and O–H groups in total. The summed E-state index contributed by atoms with van der Waals surface area (Å²) in [7, 11) is 0. The van der Waals surface area contributed by atoms with Crippen LogP contribution in [0, 0.1) is 35.0 Å². The molecule has 0 atom stereocenters.